The van der Waals surface area contributed by atoms with E-state index in [1.165, 1.54) is 0 Å². The first kappa shape index (κ1) is 22.3. The molecule has 176 valence electrons. The molecule has 0 aliphatic carbocycles. The van der Waals surface area contributed by atoms with Crippen molar-refractivity contribution in [2.75, 3.05) is 13.2 Å². The summed E-state index contributed by atoms with van der Waals surface area (Å²) in [7, 11) is -3.62. The maximum atomic E-state index is 13.6. The van der Waals surface area contributed by atoms with Crippen LogP contribution in [0.1, 0.15) is 46.3 Å². The van der Waals surface area contributed by atoms with Gasteiger partial charge in [-0.1, -0.05) is 23.8 Å². The van der Waals surface area contributed by atoms with Crippen molar-refractivity contribution in [1.29, 1.82) is 0 Å². The van der Waals surface area contributed by atoms with Crippen molar-refractivity contribution in [1.82, 2.24) is 9.88 Å². The fourth-order valence-corrected chi connectivity index (χ4v) is 5.85. The summed E-state index contributed by atoms with van der Waals surface area (Å²) in [6.45, 7) is 2.93. The third-order valence-electron chi connectivity index (χ3n) is 6.39. The van der Waals surface area contributed by atoms with Crippen molar-refractivity contribution in [3.8, 4) is 5.75 Å². The van der Waals surface area contributed by atoms with Gasteiger partial charge in [0.2, 0.25) is 0 Å². The van der Waals surface area contributed by atoms with E-state index in [0.717, 1.165) is 35.7 Å². The first-order valence-electron chi connectivity index (χ1n) is 11.3. The number of benzene rings is 2. The molecule has 1 amide bonds. The number of aromatic nitrogens is 1. The number of carbonyl (C=O) groups is 1. The van der Waals surface area contributed by atoms with Crippen molar-refractivity contribution in [2.24, 2.45) is 10.1 Å². The minimum atomic E-state index is -3.62. The molecule has 2 aliphatic heterocycles. The van der Waals surface area contributed by atoms with E-state index >= 15 is 0 Å². The Hall–Kier alpha value is -3.46. The topological polar surface area (TPSA) is 115 Å². The van der Waals surface area contributed by atoms with Crippen molar-refractivity contribution in [3.05, 3.63) is 70.9 Å². The van der Waals surface area contributed by atoms with Gasteiger partial charge in [0.05, 0.1) is 28.4 Å². The number of sulfonamides is 1. The van der Waals surface area contributed by atoms with E-state index in [4.69, 9.17) is 10.5 Å². The van der Waals surface area contributed by atoms with E-state index < -0.39 is 10.0 Å². The Labute approximate surface area is 198 Å². The lowest BCUT2D eigenvalue weighted by atomic mass is 9.99. The maximum Gasteiger partial charge on any atom is 0.259 e. The predicted octanol–water partition coefficient (Wildman–Crippen LogP) is 3.17. The number of pyridine rings is 1. The fourth-order valence-electron chi connectivity index (χ4n) is 4.76. The number of hydrogen-bond donors (Lipinski definition) is 1. The molecule has 2 aliphatic rings. The Morgan fingerprint density at radius 3 is 2.91 bits per heavy atom. The lowest BCUT2D eigenvalue weighted by Crippen LogP contribution is -2.46. The SMILES string of the molecule is Cc1ccc2nccc(C(=O)N3CCCC[C@@H]3COc3cccc4c3C(N)=NS(=O)(=O)C4)c2c1. The highest BCUT2D eigenvalue weighted by molar-refractivity contribution is 7.89. The zero-order chi connectivity index (χ0) is 23.9. The summed E-state index contributed by atoms with van der Waals surface area (Å²) in [6.07, 6.45) is 4.43. The van der Waals surface area contributed by atoms with Gasteiger partial charge in [-0.05, 0) is 56.0 Å². The number of nitrogens with zero attached hydrogens (tertiary/aromatic N) is 3. The summed E-state index contributed by atoms with van der Waals surface area (Å²) in [5, 5.41) is 0.847. The number of amides is 1. The van der Waals surface area contributed by atoms with Gasteiger partial charge in [0.1, 0.15) is 18.2 Å². The molecule has 2 aromatic carbocycles. The molecule has 0 unspecified atom stereocenters. The molecular weight excluding hydrogens is 452 g/mol. The standard InChI is InChI=1S/C25H26N4O4S/c1-16-8-9-21-20(13-16)19(10-11-27-21)25(30)29-12-3-2-6-18(29)14-33-22-7-4-5-17-15-34(31,32)28-24(26)23(17)22/h4-5,7-11,13,18H,2-3,6,12,14-15H2,1H3,(H2,26,28)/t18-/m1/s1. The van der Waals surface area contributed by atoms with Gasteiger partial charge in [0, 0.05) is 18.1 Å². The van der Waals surface area contributed by atoms with Crippen LogP contribution in [0.4, 0.5) is 0 Å². The first-order chi connectivity index (χ1) is 16.3. The number of ether oxygens (including phenoxy) is 1. The molecule has 3 heterocycles. The number of rotatable bonds is 4. The molecule has 1 atom stereocenters. The third kappa shape index (κ3) is 4.23. The van der Waals surface area contributed by atoms with Crippen LogP contribution in [-0.2, 0) is 15.8 Å². The second kappa shape index (κ2) is 8.72. The predicted molar refractivity (Wildman–Crippen MR) is 130 cm³/mol. The molecule has 1 fully saturated rings. The third-order valence-corrected chi connectivity index (χ3v) is 7.54. The average Bonchev–Trinajstić information content (AvgIpc) is 2.81. The van der Waals surface area contributed by atoms with Crippen molar-refractivity contribution >= 4 is 32.7 Å². The van der Waals surface area contributed by atoms with E-state index in [0.29, 0.717) is 29.0 Å². The van der Waals surface area contributed by atoms with Crippen LogP contribution < -0.4 is 10.5 Å². The Bertz CT molecular complexity index is 1420. The Morgan fingerprint density at radius 1 is 1.21 bits per heavy atom. The van der Waals surface area contributed by atoms with Gasteiger partial charge < -0.3 is 15.4 Å². The van der Waals surface area contributed by atoms with E-state index in [9.17, 15) is 13.2 Å². The number of amidine groups is 1. The number of likely N-dealkylation sites (tertiary alicyclic amines) is 1. The lowest BCUT2D eigenvalue weighted by molar-refractivity contribution is 0.0530. The number of aryl methyl sites for hydroxylation is 1. The van der Waals surface area contributed by atoms with Crippen molar-refractivity contribution < 1.29 is 17.9 Å². The Balaban J connectivity index is 1.41. The van der Waals surface area contributed by atoms with Crippen LogP contribution >= 0.6 is 0 Å². The lowest BCUT2D eigenvalue weighted by Gasteiger charge is -2.36. The van der Waals surface area contributed by atoms with Crippen LogP contribution in [0.25, 0.3) is 10.9 Å². The second-order valence-corrected chi connectivity index (χ2v) is 10.5. The minimum Gasteiger partial charge on any atom is -0.491 e. The highest BCUT2D eigenvalue weighted by Gasteiger charge is 2.30. The van der Waals surface area contributed by atoms with Crippen LogP contribution in [0.5, 0.6) is 5.75 Å². The number of piperidine rings is 1. The van der Waals surface area contributed by atoms with Crippen molar-refractivity contribution in [2.45, 2.75) is 38.0 Å². The maximum absolute atomic E-state index is 13.6. The zero-order valence-electron chi connectivity index (χ0n) is 18.9. The Morgan fingerprint density at radius 2 is 2.06 bits per heavy atom. The van der Waals surface area contributed by atoms with Crippen LogP contribution in [0.3, 0.4) is 0 Å². The Kier molecular flexibility index (Phi) is 5.73. The normalized spacial score (nSPS) is 19.4. The van der Waals surface area contributed by atoms with Gasteiger partial charge in [-0.15, -0.1) is 4.40 Å². The van der Waals surface area contributed by atoms with Gasteiger partial charge in [0.25, 0.3) is 15.9 Å². The molecule has 0 radical (unpaired) electrons. The van der Waals surface area contributed by atoms with Crippen LogP contribution in [0.15, 0.2) is 53.1 Å². The molecule has 3 aromatic rings. The van der Waals surface area contributed by atoms with E-state index in [1.807, 2.05) is 30.0 Å². The van der Waals surface area contributed by atoms with Gasteiger partial charge in [-0.25, -0.2) is 8.42 Å². The summed E-state index contributed by atoms with van der Waals surface area (Å²) in [4.78, 5) is 19.9. The number of carbonyl (C=O) groups excluding carboxylic acids is 1. The molecule has 0 bridgehead atoms. The smallest absolute Gasteiger partial charge is 0.259 e. The molecule has 9 heteroatoms. The highest BCUT2D eigenvalue weighted by Crippen LogP contribution is 2.30. The molecule has 1 saturated heterocycles. The molecule has 5 rings (SSSR count). The van der Waals surface area contributed by atoms with Crippen LogP contribution in [-0.4, -0.2) is 49.2 Å². The summed E-state index contributed by atoms with van der Waals surface area (Å²) in [5.74, 6) is 0.181. The van der Waals surface area contributed by atoms with Crippen molar-refractivity contribution in [3.63, 3.8) is 0 Å². The molecular formula is C25H26N4O4S. The monoisotopic (exact) mass is 478 g/mol. The van der Waals surface area contributed by atoms with E-state index in [1.54, 1.807) is 30.5 Å². The van der Waals surface area contributed by atoms with Gasteiger partial charge in [0.15, 0.2) is 0 Å². The van der Waals surface area contributed by atoms with Crippen LogP contribution in [0, 0.1) is 6.92 Å². The van der Waals surface area contributed by atoms with Gasteiger partial charge >= 0.3 is 0 Å². The molecule has 1 aromatic heterocycles. The highest BCUT2D eigenvalue weighted by atomic mass is 32.2. The number of nitrogens with two attached hydrogens (primary N) is 1. The number of hydrogen-bond acceptors (Lipinski definition) is 6. The molecule has 2 N–H and O–H groups in total. The second-order valence-electron chi connectivity index (χ2n) is 8.83. The fraction of sp³-hybridized carbons (Fsp3) is 0.320. The molecule has 0 spiro atoms. The van der Waals surface area contributed by atoms with Gasteiger partial charge in [-0.3, -0.25) is 9.78 Å². The number of fused-ring (bicyclic) bond motifs is 2. The van der Waals surface area contributed by atoms with E-state index in [-0.39, 0.29) is 30.1 Å². The quantitative estimate of drug-likeness (QED) is 0.616. The molecule has 8 nitrogen and oxygen atoms in total. The average molecular weight is 479 g/mol. The summed E-state index contributed by atoms with van der Waals surface area (Å²) in [5.41, 5.74) is 9.56. The summed E-state index contributed by atoms with van der Waals surface area (Å²) < 4.78 is 33.7. The summed E-state index contributed by atoms with van der Waals surface area (Å²) in [6, 6.07) is 12.8. The summed E-state index contributed by atoms with van der Waals surface area (Å²) >= 11 is 0. The molecule has 34 heavy (non-hydrogen) atoms. The van der Waals surface area contributed by atoms with Gasteiger partial charge in [-0.2, -0.15) is 0 Å². The largest absolute Gasteiger partial charge is 0.491 e. The van der Waals surface area contributed by atoms with E-state index in [2.05, 4.69) is 9.38 Å². The zero-order valence-corrected chi connectivity index (χ0v) is 19.7. The first-order valence-corrected chi connectivity index (χ1v) is 12.9. The van der Waals surface area contributed by atoms with Crippen LogP contribution in [0.2, 0.25) is 0 Å². The molecule has 0 saturated carbocycles. The minimum absolute atomic E-state index is 0.0337.